The van der Waals surface area contributed by atoms with Gasteiger partial charge in [0, 0.05) is 16.5 Å². The lowest BCUT2D eigenvalue weighted by Gasteiger charge is -2.09. The first-order valence-corrected chi connectivity index (χ1v) is 6.60. The van der Waals surface area contributed by atoms with E-state index in [2.05, 4.69) is 0 Å². The predicted molar refractivity (Wildman–Crippen MR) is 79.1 cm³/mol. The number of fused-ring (bicyclic) bond motifs is 1. The van der Waals surface area contributed by atoms with E-state index in [0.717, 1.165) is 17.0 Å². The van der Waals surface area contributed by atoms with E-state index in [1.165, 1.54) is 12.1 Å². The van der Waals surface area contributed by atoms with Crippen LogP contribution in [0.15, 0.2) is 48.5 Å². The Kier molecular flexibility index (Phi) is 3.36. The fourth-order valence-electron chi connectivity index (χ4n) is 2.47. The predicted octanol–water partition coefficient (Wildman–Crippen LogP) is 3.40. The smallest absolute Gasteiger partial charge is 0.352 e. The number of halogens is 1. The molecule has 1 heterocycles. The van der Waals surface area contributed by atoms with Gasteiger partial charge in [0.1, 0.15) is 11.5 Å². The van der Waals surface area contributed by atoms with Gasteiger partial charge in [0.25, 0.3) is 0 Å². The number of para-hydroxylation sites is 1. The van der Waals surface area contributed by atoms with E-state index in [1.807, 2.05) is 18.2 Å². The molecule has 3 rings (SSSR count). The molecule has 2 aromatic carbocycles. The summed E-state index contributed by atoms with van der Waals surface area (Å²) in [5.74, 6) is -1.58. The van der Waals surface area contributed by atoms with Crippen molar-refractivity contribution < 1.29 is 14.3 Å². The number of carbonyl (C=O) groups is 1. The van der Waals surface area contributed by atoms with Crippen molar-refractivity contribution in [1.29, 1.82) is 5.26 Å². The summed E-state index contributed by atoms with van der Waals surface area (Å²) in [4.78, 5) is 11.4. The molecule has 0 saturated carbocycles. The molecule has 22 heavy (non-hydrogen) atoms. The van der Waals surface area contributed by atoms with Gasteiger partial charge in [-0.2, -0.15) is 5.26 Å². The van der Waals surface area contributed by atoms with Crippen molar-refractivity contribution in [2.45, 2.75) is 6.54 Å². The Morgan fingerprint density at radius 3 is 2.68 bits per heavy atom. The van der Waals surface area contributed by atoms with Crippen LogP contribution in [0, 0.1) is 17.1 Å². The van der Waals surface area contributed by atoms with Gasteiger partial charge in [-0.05, 0) is 24.3 Å². The van der Waals surface area contributed by atoms with Crippen molar-refractivity contribution >= 4 is 16.9 Å². The topological polar surface area (TPSA) is 66.0 Å². The Bertz CT molecular complexity index is 922. The third kappa shape index (κ3) is 2.31. The van der Waals surface area contributed by atoms with E-state index in [0.29, 0.717) is 5.56 Å². The van der Waals surface area contributed by atoms with Crippen LogP contribution in [0.2, 0.25) is 0 Å². The molecule has 0 aliphatic heterocycles. The summed E-state index contributed by atoms with van der Waals surface area (Å²) >= 11 is 0. The van der Waals surface area contributed by atoms with Crippen LogP contribution in [0.5, 0.6) is 0 Å². The maximum absolute atomic E-state index is 14.1. The largest absolute Gasteiger partial charge is 0.477 e. The first-order chi connectivity index (χ1) is 10.6. The highest BCUT2D eigenvalue weighted by Gasteiger charge is 2.16. The molecule has 0 aliphatic rings. The van der Waals surface area contributed by atoms with Crippen molar-refractivity contribution in [1.82, 2.24) is 4.57 Å². The number of rotatable bonds is 3. The normalized spacial score (nSPS) is 10.5. The van der Waals surface area contributed by atoms with Gasteiger partial charge in [-0.15, -0.1) is 0 Å². The SMILES string of the molecule is N#Cc1ccc(Cn2c(C(=O)O)cc3ccccc32)c(F)c1. The molecule has 0 saturated heterocycles. The lowest BCUT2D eigenvalue weighted by atomic mass is 10.1. The fourth-order valence-corrected chi connectivity index (χ4v) is 2.47. The molecule has 0 spiro atoms. The summed E-state index contributed by atoms with van der Waals surface area (Å²) in [5, 5.41) is 18.9. The average Bonchev–Trinajstić information content (AvgIpc) is 2.88. The number of nitriles is 1. The maximum atomic E-state index is 14.1. The van der Waals surface area contributed by atoms with Crippen molar-refractivity contribution in [3.05, 3.63) is 71.2 Å². The van der Waals surface area contributed by atoms with E-state index in [4.69, 9.17) is 5.26 Å². The molecular formula is C17H11FN2O2. The summed E-state index contributed by atoms with van der Waals surface area (Å²) in [5.41, 5.74) is 1.40. The molecule has 108 valence electrons. The zero-order chi connectivity index (χ0) is 15.7. The van der Waals surface area contributed by atoms with Gasteiger partial charge in [-0.3, -0.25) is 0 Å². The molecule has 4 nitrogen and oxygen atoms in total. The number of nitrogens with zero attached hydrogens (tertiary/aromatic N) is 2. The zero-order valence-corrected chi connectivity index (χ0v) is 11.5. The van der Waals surface area contributed by atoms with Crippen molar-refractivity contribution in [3.63, 3.8) is 0 Å². The number of aromatic carboxylic acids is 1. The average molecular weight is 294 g/mol. The number of carboxylic acids is 1. The summed E-state index contributed by atoms with van der Waals surface area (Å²) < 4.78 is 15.6. The Morgan fingerprint density at radius 2 is 2.00 bits per heavy atom. The van der Waals surface area contributed by atoms with Gasteiger partial charge >= 0.3 is 5.97 Å². The van der Waals surface area contributed by atoms with Gasteiger partial charge < -0.3 is 9.67 Å². The fraction of sp³-hybridized carbons (Fsp3) is 0.0588. The maximum Gasteiger partial charge on any atom is 0.352 e. The molecule has 0 fully saturated rings. The lowest BCUT2D eigenvalue weighted by molar-refractivity contribution is 0.0686. The second-order valence-electron chi connectivity index (χ2n) is 4.90. The van der Waals surface area contributed by atoms with E-state index in [1.54, 1.807) is 22.8 Å². The Labute approximate surface area is 125 Å². The zero-order valence-electron chi connectivity index (χ0n) is 11.5. The van der Waals surface area contributed by atoms with Crippen molar-refractivity contribution in [3.8, 4) is 6.07 Å². The highest BCUT2D eigenvalue weighted by molar-refractivity contribution is 5.94. The molecular weight excluding hydrogens is 283 g/mol. The Morgan fingerprint density at radius 1 is 1.23 bits per heavy atom. The van der Waals surface area contributed by atoms with Crippen LogP contribution in [-0.4, -0.2) is 15.6 Å². The van der Waals surface area contributed by atoms with Crippen molar-refractivity contribution in [2.24, 2.45) is 0 Å². The van der Waals surface area contributed by atoms with Gasteiger partial charge in [0.15, 0.2) is 0 Å². The first kappa shape index (κ1) is 13.8. The van der Waals surface area contributed by atoms with Gasteiger partial charge in [0.2, 0.25) is 0 Å². The summed E-state index contributed by atoms with van der Waals surface area (Å²) in [6.45, 7) is 0.0900. The van der Waals surface area contributed by atoms with Crippen LogP contribution in [0.4, 0.5) is 4.39 Å². The second-order valence-corrected chi connectivity index (χ2v) is 4.90. The van der Waals surface area contributed by atoms with Crippen LogP contribution in [0.1, 0.15) is 21.6 Å². The number of hydrogen-bond acceptors (Lipinski definition) is 2. The number of carboxylic acid groups (broad SMARTS) is 1. The molecule has 1 aromatic heterocycles. The van der Waals surface area contributed by atoms with Crippen LogP contribution >= 0.6 is 0 Å². The van der Waals surface area contributed by atoms with Gasteiger partial charge in [-0.25, -0.2) is 9.18 Å². The Balaban J connectivity index is 2.12. The molecule has 0 atom stereocenters. The third-order valence-electron chi connectivity index (χ3n) is 3.54. The summed E-state index contributed by atoms with van der Waals surface area (Å²) in [7, 11) is 0. The third-order valence-corrected chi connectivity index (χ3v) is 3.54. The van der Waals surface area contributed by atoms with Crippen LogP contribution in [-0.2, 0) is 6.54 Å². The summed E-state index contributed by atoms with van der Waals surface area (Å²) in [6.07, 6.45) is 0. The van der Waals surface area contributed by atoms with E-state index in [-0.39, 0.29) is 17.8 Å². The van der Waals surface area contributed by atoms with E-state index < -0.39 is 11.8 Å². The number of benzene rings is 2. The van der Waals surface area contributed by atoms with Crippen molar-refractivity contribution in [2.75, 3.05) is 0 Å². The molecule has 0 aliphatic carbocycles. The molecule has 0 amide bonds. The quantitative estimate of drug-likeness (QED) is 0.805. The van der Waals surface area contributed by atoms with Crippen LogP contribution < -0.4 is 0 Å². The minimum absolute atomic E-state index is 0.0900. The molecule has 0 bridgehead atoms. The second kappa shape index (κ2) is 5.34. The number of aromatic nitrogens is 1. The monoisotopic (exact) mass is 294 g/mol. The van der Waals surface area contributed by atoms with Gasteiger partial charge in [-0.1, -0.05) is 24.3 Å². The number of hydrogen-bond donors (Lipinski definition) is 1. The van der Waals surface area contributed by atoms with Crippen LogP contribution in [0.3, 0.4) is 0 Å². The summed E-state index contributed by atoms with van der Waals surface area (Å²) in [6, 6.07) is 14.9. The molecule has 1 N–H and O–H groups in total. The van der Waals surface area contributed by atoms with Crippen LogP contribution in [0.25, 0.3) is 10.9 Å². The highest BCUT2D eigenvalue weighted by Crippen LogP contribution is 2.22. The van der Waals surface area contributed by atoms with E-state index in [9.17, 15) is 14.3 Å². The molecule has 3 aromatic rings. The van der Waals surface area contributed by atoms with E-state index >= 15 is 0 Å². The minimum atomic E-state index is -1.06. The minimum Gasteiger partial charge on any atom is -0.477 e. The standard InChI is InChI=1S/C17H11FN2O2/c18-14-7-11(9-19)5-6-13(14)10-20-15-4-2-1-3-12(15)8-16(20)17(21)22/h1-8H,10H2,(H,21,22). The molecule has 5 heteroatoms. The Hall–Kier alpha value is -3.13. The van der Waals surface area contributed by atoms with Gasteiger partial charge in [0.05, 0.1) is 18.2 Å². The first-order valence-electron chi connectivity index (χ1n) is 6.60. The lowest BCUT2D eigenvalue weighted by Crippen LogP contribution is -2.10. The highest BCUT2D eigenvalue weighted by atomic mass is 19.1. The molecule has 0 radical (unpaired) electrons. The molecule has 0 unspecified atom stereocenters.